The van der Waals surface area contributed by atoms with E-state index in [0.717, 1.165) is 10.8 Å². The minimum Gasteiger partial charge on any atom is -0.494 e. The average molecular weight is 346 g/mol. The molecule has 2 aromatic rings. The lowest BCUT2D eigenvalue weighted by atomic mass is 10.3. The van der Waals surface area contributed by atoms with E-state index in [0.29, 0.717) is 14.5 Å². The predicted molar refractivity (Wildman–Crippen MR) is 85.6 cm³/mol. The Balaban J connectivity index is 2.24. The van der Waals surface area contributed by atoms with Gasteiger partial charge in [0.2, 0.25) is 14.7 Å². The van der Waals surface area contributed by atoms with Gasteiger partial charge in [-0.15, -0.1) is 0 Å². The van der Waals surface area contributed by atoms with Crippen LogP contribution >= 0.6 is 34.3 Å². The fourth-order valence-corrected chi connectivity index (χ4v) is 3.89. The molecule has 0 unspecified atom stereocenters. The molecular weight excluding hydrogens is 336 g/mol. The summed E-state index contributed by atoms with van der Waals surface area (Å²) >= 11 is 6.10. The quantitative estimate of drug-likeness (QED) is 0.504. The van der Waals surface area contributed by atoms with Crippen molar-refractivity contribution in [2.75, 3.05) is 6.26 Å². The number of rotatable bonds is 4. The highest BCUT2D eigenvalue weighted by Crippen LogP contribution is 2.24. The summed E-state index contributed by atoms with van der Waals surface area (Å²) in [5, 5.41) is 9.51. The number of nitrogens with one attached hydrogen (secondary N) is 1. The van der Waals surface area contributed by atoms with Gasteiger partial charge in [0.25, 0.3) is 0 Å². The SMILES string of the molecule is CSS(=O)(=O)c1ccc(N=Cc2sc(=S)[nH]c2O)cc1. The molecule has 0 saturated carbocycles. The molecule has 106 valence electrons. The van der Waals surface area contributed by atoms with Crippen LogP contribution in [0.3, 0.4) is 0 Å². The normalized spacial score (nSPS) is 12.1. The third-order valence-electron chi connectivity index (χ3n) is 2.33. The van der Waals surface area contributed by atoms with Crippen molar-refractivity contribution in [2.24, 2.45) is 4.99 Å². The molecule has 0 amide bonds. The van der Waals surface area contributed by atoms with E-state index in [2.05, 4.69) is 9.98 Å². The van der Waals surface area contributed by atoms with Crippen molar-refractivity contribution < 1.29 is 13.5 Å². The summed E-state index contributed by atoms with van der Waals surface area (Å²) < 4.78 is 23.7. The van der Waals surface area contributed by atoms with Crippen molar-refractivity contribution in [1.29, 1.82) is 0 Å². The van der Waals surface area contributed by atoms with Crippen molar-refractivity contribution in [2.45, 2.75) is 4.90 Å². The molecule has 0 aliphatic carbocycles. The van der Waals surface area contributed by atoms with Crippen LogP contribution in [0.5, 0.6) is 5.88 Å². The second-order valence-electron chi connectivity index (χ2n) is 3.60. The molecule has 0 aliphatic rings. The monoisotopic (exact) mass is 346 g/mol. The Bertz CT molecular complexity index is 788. The van der Waals surface area contributed by atoms with Gasteiger partial charge in [-0.1, -0.05) is 11.3 Å². The Hall–Kier alpha value is -1.16. The number of benzene rings is 1. The Kier molecular flexibility index (Phi) is 4.63. The molecule has 0 aliphatic heterocycles. The van der Waals surface area contributed by atoms with Crippen LogP contribution in [0, 0.1) is 3.95 Å². The number of thiazole rings is 1. The lowest BCUT2D eigenvalue weighted by Gasteiger charge is -2.00. The van der Waals surface area contributed by atoms with Gasteiger partial charge in [0.15, 0.2) is 3.95 Å². The number of aromatic amines is 1. The maximum atomic E-state index is 11.6. The fourth-order valence-electron chi connectivity index (χ4n) is 1.35. The van der Waals surface area contributed by atoms with Gasteiger partial charge in [0.1, 0.15) is 4.88 Å². The van der Waals surface area contributed by atoms with Crippen molar-refractivity contribution in [1.82, 2.24) is 4.98 Å². The van der Waals surface area contributed by atoms with Gasteiger partial charge < -0.3 is 10.1 Å². The Labute approximate surface area is 128 Å². The number of aliphatic imine (C=N–C) groups is 1. The molecule has 0 fully saturated rings. The molecule has 9 heteroatoms. The van der Waals surface area contributed by atoms with E-state index in [1.54, 1.807) is 12.1 Å². The average Bonchev–Trinajstić information content (AvgIpc) is 2.75. The maximum Gasteiger partial charge on any atom is 0.229 e. The molecule has 1 heterocycles. The highest BCUT2D eigenvalue weighted by molar-refractivity contribution is 8.71. The highest BCUT2D eigenvalue weighted by Gasteiger charge is 2.11. The number of aromatic nitrogens is 1. The van der Waals surface area contributed by atoms with Crippen LogP contribution in [-0.2, 0) is 8.87 Å². The van der Waals surface area contributed by atoms with Crippen molar-refractivity contribution in [3.63, 3.8) is 0 Å². The van der Waals surface area contributed by atoms with E-state index >= 15 is 0 Å². The molecule has 0 atom stereocenters. The van der Waals surface area contributed by atoms with Crippen LogP contribution in [0.15, 0.2) is 34.2 Å². The van der Waals surface area contributed by atoms with Gasteiger partial charge >= 0.3 is 0 Å². The van der Waals surface area contributed by atoms with Gasteiger partial charge in [0, 0.05) is 0 Å². The van der Waals surface area contributed by atoms with Crippen LogP contribution in [0.1, 0.15) is 4.88 Å². The summed E-state index contributed by atoms with van der Waals surface area (Å²) in [5.74, 6) is -0.0228. The van der Waals surface area contributed by atoms with E-state index in [4.69, 9.17) is 12.2 Å². The van der Waals surface area contributed by atoms with Gasteiger partial charge in [0.05, 0.1) is 16.8 Å². The summed E-state index contributed by atoms with van der Waals surface area (Å²) in [6.45, 7) is 0. The van der Waals surface area contributed by atoms with E-state index < -0.39 is 8.87 Å². The molecule has 2 rings (SSSR count). The summed E-state index contributed by atoms with van der Waals surface area (Å²) in [7, 11) is -2.49. The molecule has 1 aromatic carbocycles. The zero-order chi connectivity index (χ0) is 14.8. The number of hydrogen-bond acceptors (Lipinski definition) is 7. The molecule has 5 nitrogen and oxygen atoms in total. The molecular formula is C11H10N2O3S4. The number of hydrogen-bond donors (Lipinski definition) is 2. The van der Waals surface area contributed by atoms with E-state index in [9.17, 15) is 13.5 Å². The molecule has 1 aromatic heterocycles. The van der Waals surface area contributed by atoms with Gasteiger partial charge in [-0.3, -0.25) is 4.99 Å². The first-order chi connectivity index (χ1) is 9.42. The van der Waals surface area contributed by atoms with Crippen molar-refractivity contribution >= 4 is 55.1 Å². The molecule has 0 saturated heterocycles. The zero-order valence-electron chi connectivity index (χ0n) is 10.2. The zero-order valence-corrected chi connectivity index (χ0v) is 13.5. The Morgan fingerprint density at radius 1 is 1.40 bits per heavy atom. The second kappa shape index (κ2) is 6.08. The third-order valence-corrected chi connectivity index (χ3v) is 6.67. The number of aromatic hydroxyl groups is 1. The second-order valence-corrected chi connectivity index (χ2v) is 9.35. The summed E-state index contributed by atoms with van der Waals surface area (Å²) in [6.07, 6.45) is 2.99. The summed E-state index contributed by atoms with van der Waals surface area (Å²) in [4.78, 5) is 7.52. The van der Waals surface area contributed by atoms with Gasteiger partial charge in [-0.2, -0.15) is 0 Å². The van der Waals surface area contributed by atoms with E-state index in [1.165, 1.54) is 35.9 Å². The van der Waals surface area contributed by atoms with E-state index in [1.807, 2.05) is 0 Å². The maximum absolute atomic E-state index is 11.6. The number of H-pyrrole nitrogens is 1. The first kappa shape index (κ1) is 15.2. The standard InChI is InChI=1S/C11H10N2O3S4/c1-18-20(15,16)8-4-2-7(3-5-8)12-6-9-10(14)13-11(17)19-9/h2-6,14H,1H3,(H,13,17). The first-order valence-corrected chi connectivity index (χ1v) is 9.74. The summed E-state index contributed by atoms with van der Waals surface area (Å²) in [5.41, 5.74) is 0.587. The van der Waals surface area contributed by atoms with Crippen LogP contribution in [-0.4, -0.2) is 31.0 Å². The van der Waals surface area contributed by atoms with Crippen LogP contribution in [0.25, 0.3) is 0 Å². The van der Waals surface area contributed by atoms with Gasteiger partial charge in [-0.25, -0.2) is 8.42 Å². The topological polar surface area (TPSA) is 82.5 Å². The van der Waals surface area contributed by atoms with Gasteiger partial charge in [-0.05, 0) is 53.5 Å². The Morgan fingerprint density at radius 3 is 2.55 bits per heavy atom. The van der Waals surface area contributed by atoms with Crippen LogP contribution in [0.4, 0.5) is 5.69 Å². The van der Waals surface area contributed by atoms with Crippen LogP contribution in [0.2, 0.25) is 0 Å². The van der Waals surface area contributed by atoms with Crippen molar-refractivity contribution in [3.8, 4) is 5.88 Å². The lowest BCUT2D eigenvalue weighted by molar-refractivity contribution is 0.456. The predicted octanol–water partition coefficient (Wildman–Crippen LogP) is 3.31. The lowest BCUT2D eigenvalue weighted by Crippen LogP contribution is -1.92. The highest BCUT2D eigenvalue weighted by atomic mass is 33.1. The fraction of sp³-hybridized carbons (Fsp3) is 0.0909. The molecule has 0 radical (unpaired) electrons. The van der Waals surface area contributed by atoms with E-state index in [-0.39, 0.29) is 10.8 Å². The third kappa shape index (κ3) is 3.48. The largest absolute Gasteiger partial charge is 0.494 e. The molecule has 20 heavy (non-hydrogen) atoms. The Morgan fingerprint density at radius 2 is 2.05 bits per heavy atom. The molecule has 2 N–H and O–H groups in total. The molecule has 0 spiro atoms. The van der Waals surface area contributed by atoms with Crippen LogP contribution < -0.4 is 0 Å². The number of nitrogens with zero attached hydrogens (tertiary/aromatic N) is 1. The minimum atomic E-state index is -3.28. The molecule has 0 bridgehead atoms. The first-order valence-electron chi connectivity index (χ1n) is 5.29. The minimum absolute atomic E-state index is 0.0228. The summed E-state index contributed by atoms with van der Waals surface area (Å²) in [6, 6.07) is 6.19. The smallest absolute Gasteiger partial charge is 0.229 e. The van der Waals surface area contributed by atoms with Crippen molar-refractivity contribution in [3.05, 3.63) is 33.1 Å².